The maximum atomic E-state index is 12.7. The van der Waals surface area contributed by atoms with Crippen LogP contribution in [0.2, 0.25) is 5.02 Å². The van der Waals surface area contributed by atoms with E-state index in [0.717, 1.165) is 22.9 Å². The van der Waals surface area contributed by atoms with Crippen LogP contribution in [0.3, 0.4) is 0 Å². The van der Waals surface area contributed by atoms with Crippen LogP contribution in [0.5, 0.6) is 0 Å². The zero-order chi connectivity index (χ0) is 9.47. The Balaban J connectivity index is 2.41. The zero-order valence-corrected chi connectivity index (χ0v) is 9.33. The zero-order valence-electron chi connectivity index (χ0n) is 6.99. The van der Waals surface area contributed by atoms with E-state index in [4.69, 9.17) is 11.6 Å². The molecule has 13 heavy (non-hydrogen) atoms. The molecule has 0 bridgehead atoms. The van der Waals surface area contributed by atoms with Gasteiger partial charge in [0.25, 0.3) is 0 Å². The molecule has 0 aliphatic heterocycles. The van der Waals surface area contributed by atoms with Crippen LogP contribution in [0, 0.1) is 0 Å². The predicted octanol–water partition coefficient (Wildman–Crippen LogP) is 4.10. The molecule has 0 nitrogen and oxygen atoms in total. The maximum absolute atomic E-state index is 12.7. The fourth-order valence-corrected chi connectivity index (χ4v) is 2.42. The van der Waals surface area contributed by atoms with Gasteiger partial charge in [0, 0.05) is 14.9 Å². The molecular formula is C10H9BrClF. The van der Waals surface area contributed by atoms with E-state index in [0.29, 0.717) is 5.02 Å². The number of halogens is 3. The molecule has 0 N–H and O–H groups in total. The van der Waals surface area contributed by atoms with Crippen LogP contribution in [-0.4, -0.2) is 6.67 Å². The lowest BCUT2D eigenvalue weighted by molar-refractivity contribution is 0.418. The summed E-state index contributed by atoms with van der Waals surface area (Å²) in [6.45, 7) is -0.297. The van der Waals surface area contributed by atoms with Crippen molar-refractivity contribution >= 4 is 27.5 Å². The maximum Gasteiger partial charge on any atom is 0.0991 e. The summed E-state index contributed by atoms with van der Waals surface area (Å²) < 4.78 is 13.7. The van der Waals surface area contributed by atoms with Gasteiger partial charge in [0.1, 0.15) is 0 Å². The van der Waals surface area contributed by atoms with Crippen molar-refractivity contribution in [3.8, 4) is 0 Å². The first-order chi connectivity index (χ1) is 6.18. The minimum atomic E-state index is -0.297. The highest BCUT2D eigenvalue weighted by atomic mass is 79.9. The molecule has 0 atom stereocenters. The van der Waals surface area contributed by atoms with Crippen molar-refractivity contribution in [3.05, 3.63) is 33.3 Å². The van der Waals surface area contributed by atoms with Crippen molar-refractivity contribution in [1.82, 2.24) is 0 Å². The highest BCUT2D eigenvalue weighted by Crippen LogP contribution is 2.50. The van der Waals surface area contributed by atoms with E-state index in [1.54, 1.807) is 0 Å². The van der Waals surface area contributed by atoms with Gasteiger partial charge in [-0.1, -0.05) is 33.6 Å². The summed E-state index contributed by atoms with van der Waals surface area (Å²) in [5.74, 6) is 0. The molecule has 3 heteroatoms. The second-order valence-corrected chi connectivity index (χ2v) is 4.86. The molecule has 0 amide bonds. The van der Waals surface area contributed by atoms with E-state index in [9.17, 15) is 4.39 Å². The molecule has 0 radical (unpaired) electrons. The summed E-state index contributed by atoms with van der Waals surface area (Å²) in [6, 6.07) is 5.66. The van der Waals surface area contributed by atoms with Gasteiger partial charge >= 0.3 is 0 Å². The molecule has 1 aromatic rings. The van der Waals surface area contributed by atoms with Crippen LogP contribution >= 0.6 is 27.5 Å². The molecule has 1 fully saturated rings. The fourth-order valence-electron chi connectivity index (χ4n) is 1.55. The third-order valence-corrected chi connectivity index (χ3v) is 3.42. The Morgan fingerprint density at radius 1 is 1.46 bits per heavy atom. The number of benzene rings is 1. The summed E-state index contributed by atoms with van der Waals surface area (Å²) in [4.78, 5) is 0. The molecule has 0 spiro atoms. The SMILES string of the molecule is FCC1(c2ccc(Br)cc2Cl)CC1. The number of rotatable bonds is 2. The van der Waals surface area contributed by atoms with Gasteiger partial charge in [-0.2, -0.15) is 0 Å². The number of hydrogen-bond acceptors (Lipinski definition) is 0. The minimum absolute atomic E-state index is 0.252. The molecule has 1 aliphatic rings. The summed E-state index contributed by atoms with van der Waals surface area (Å²) in [6.07, 6.45) is 1.84. The molecule has 1 aromatic carbocycles. The van der Waals surface area contributed by atoms with E-state index in [2.05, 4.69) is 15.9 Å². The Labute approximate surface area is 90.2 Å². The Bertz CT molecular complexity index is 334. The lowest BCUT2D eigenvalue weighted by Crippen LogP contribution is -2.09. The van der Waals surface area contributed by atoms with Crippen LogP contribution < -0.4 is 0 Å². The summed E-state index contributed by atoms with van der Waals surface area (Å²) in [5, 5.41) is 0.671. The Hall–Kier alpha value is -0.0800. The first-order valence-corrected chi connectivity index (χ1v) is 5.36. The van der Waals surface area contributed by atoms with Crippen molar-refractivity contribution in [3.63, 3.8) is 0 Å². The highest BCUT2D eigenvalue weighted by molar-refractivity contribution is 9.10. The van der Waals surface area contributed by atoms with Gasteiger partial charge in [-0.05, 0) is 30.5 Å². The summed E-state index contributed by atoms with van der Waals surface area (Å²) >= 11 is 9.36. The molecule has 1 aliphatic carbocycles. The van der Waals surface area contributed by atoms with Crippen LogP contribution in [-0.2, 0) is 5.41 Å². The molecular weight excluding hydrogens is 254 g/mol. The van der Waals surface area contributed by atoms with Crippen LogP contribution in [0.25, 0.3) is 0 Å². The van der Waals surface area contributed by atoms with Crippen molar-refractivity contribution < 1.29 is 4.39 Å². The second kappa shape index (κ2) is 3.25. The Kier molecular flexibility index (Phi) is 2.37. The van der Waals surface area contributed by atoms with Gasteiger partial charge in [-0.3, -0.25) is 4.39 Å². The lowest BCUT2D eigenvalue weighted by atomic mass is 9.98. The normalized spacial score (nSPS) is 18.7. The third kappa shape index (κ3) is 1.62. The van der Waals surface area contributed by atoms with Crippen LogP contribution in [0.1, 0.15) is 18.4 Å². The largest absolute Gasteiger partial charge is 0.250 e. The summed E-state index contributed by atoms with van der Waals surface area (Å²) in [7, 11) is 0. The van der Waals surface area contributed by atoms with E-state index in [1.807, 2.05) is 18.2 Å². The van der Waals surface area contributed by atoms with Crippen LogP contribution in [0.4, 0.5) is 4.39 Å². The molecule has 0 unspecified atom stereocenters. The van der Waals surface area contributed by atoms with Gasteiger partial charge in [0.05, 0.1) is 6.67 Å². The molecule has 0 saturated heterocycles. The topological polar surface area (TPSA) is 0 Å². The molecule has 1 saturated carbocycles. The van der Waals surface area contributed by atoms with E-state index in [1.165, 1.54) is 0 Å². The van der Waals surface area contributed by atoms with Gasteiger partial charge in [0.2, 0.25) is 0 Å². The second-order valence-electron chi connectivity index (χ2n) is 3.54. The average molecular weight is 264 g/mol. The van der Waals surface area contributed by atoms with E-state index < -0.39 is 0 Å². The van der Waals surface area contributed by atoms with Crippen molar-refractivity contribution in [2.24, 2.45) is 0 Å². The Morgan fingerprint density at radius 2 is 2.15 bits per heavy atom. The summed E-state index contributed by atoms with van der Waals surface area (Å²) in [5.41, 5.74) is 0.706. The highest BCUT2D eigenvalue weighted by Gasteiger charge is 2.45. The third-order valence-electron chi connectivity index (χ3n) is 2.61. The quantitative estimate of drug-likeness (QED) is 0.753. The van der Waals surface area contributed by atoms with Gasteiger partial charge in [-0.15, -0.1) is 0 Å². The predicted molar refractivity (Wildman–Crippen MR) is 56.0 cm³/mol. The molecule has 0 heterocycles. The van der Waals surface area contributed by atoms with E-state index >= 15 is 0 Å². The average Bonchev–Trinajstić information content (AvgIpc) is 2.85. The van der Waals surface area contributed by atoms with Crippen molar-refractivity contribution in [2.45, 2.75) is 18.3 Å². The number of hydrogen-bond donors (Lipinski definition) is 0. The lowest BCUT2D eigenvalue weighted by Gasteiger charge is -2.12. The Morgan fingerprint density at radius 3 is 2.62 bits per heavy atom. The van der Waals surface area contributed by atoms with Gasteiger partial charge < -0.3 is 0 Å². The van der Waals surface area contributed by atoms with Crippen molar-refractivity contribution in [1.29, 1.82) is 0 Å². The first-order valence-electron chi connectivity index (χ1n) is 4.19. The fraction of sp³-hybridized carbons (Fsp3) is 0.400. The number of alkyl halides is 1. The van der Waals surface area contributed by atoms with Gasteiger partial charge in [0.15, 0.2) is 0 Å². The minimum Gasteiger partial charge on any atom is -0.250 e. The smallest absolute Gasteiger partial charge is 0.0991 e. The molecule has 70 valence electrons. The monoisotopic (exact) mass is 262 g/mol. The van der Waals surface area contributed by atoms with Gasteiger partial charge in [-0.25, -0.2) is 0 Å². The molecule has 0 aromatic heterocycles. The van der Waals surface area contributed by atoms with E-state index in [-0.39, 0.29) is 12.1 Å². The van der Waals surface area contributed by atoms with Crippen LogP contribution in [0.15, 0.2) is 22.7 Å². The van der Waals surface area contributed by atoms with Crippen molar-refractivity contribution in [2.75, 3.05) is 6.67 Å². The first kappa shape index (κ1) is 9.47. The standard InChI is InChI=1S/C10H9BrClF/c11-7-1-2-8(9(12)5-7)10(6-13)3-4-10/h1-2,5H,3-4,6H2. The molecule has 2 rings (SSSR count).